The van der Waals surface area contributed by atoms with Crippen molar-refractivity contribution < 1.29 is 4.79 Å². The molecule has 3 nitrogen and oxygen atoms in total. The third-order valence-corrected chi connectivity index (χ3v) is 4.17. The Morgan fingerprint density at radius 1 is 1.39 bits per heavy atom. The number of benzene rings is 1. The lowest BCUT2D eigenvalue weighted by atomic mass is 10.2. The van der Waals surface area contributed by atoms with Crippen molar-refractivity contribution in [1.29, 1.82) is 0 Å². The molecule has 18 heavy (non-hydrogen) atoms. The molecule has 0 bridgehead atoms. The van der Waals surface area contributed by atoms with E-state index in [1.54, 1.807) is 18.2 Å². The maximum absolute atomic E-state index is 12.0. The van der Waals surface area contributed by atoms with Crippen LogP contribution in [-0.4, -0.2) is 5.91 Å². The van der Waals surface area contributed by atoms with Crippen molar-refractivity contribution >= 4 is 40.2 Å². The van der Waals surface area contributed by atoms with E-state index < -0.39 is 0 Å². The van der Waals surface area contributed by atoms with Crippen molar-refractivity contribution in [3.8, 4) is 0 Å². The Balaban J connectivity index is 2.24. The lowest BCUT2D eigenvalue weighted by Gasteiger charge is -2.08. The summed E-state index contributed by atoms with van der Waals surface area (Å²) in [5, 5.41) is 3.47. The van der Waals surface area contributed by atoms with Gasteiger partial charge in [-0.2, -0.15) is 0 Å². The lowest BCUT2D eigenvalue weighted by Crippen LogP contribution is -2.11. The van der Waals surface area contributed by atoms with Crippen LogP contribution in [0.15, 0.2) is 24.3 Å². The molecule has 1 aromatic carbocycles. The van der Waals surface area contributed by atoms with Gasteiger partial charge in [0, 0.05) is 21.3 Å². The number of amides is 1. The molecule has 0 saturated heterocycles. The third-order valence-electron chi connectivity index (χ3n) is 2.70. The highest BCUT2D eigenvalue weighted by Gasteiger charge is 2.12. The van der Waals surface area contributed by atoms with Gasteiger partial charge >= 0.3 is 0 Å². The van der Waals surface area contributed by atoms with Gasteiger partial charge in [-0.15, -0.1) is 11.3 Å². The summed E-state index contributed by atoms with van der Waals surface area (Å²) in [7, 11) is 0. The minimum absolute atomic E-state index is 0.162. The number of nitrogen functional groups attached to an aromatic ring is 1. The molecule has 0 aliphatic carbocycles. The van der Waals surface area contributed by atoms with Gasteiger partial charge in [-0.1, -0.05) is 17.7 Å². The zero-order chi connectivity index (χ0) is 13.3. The summed E-state index contributed by atoms with van der Waals surface area (Å²) in [6, 6.07) is 7.11. The van der Waals surface area contributed by atoms with Gasteiger partial charge < -0.3 is 11.1 Å². The average Bonchev–Trinajstić information content (AvgIpc) is 2.66. The summed E-state index contributed by atoms with van der Waals surface area (Å²) in [6.07, 6.45) is 0. The Hall–Kier alpha value is -1.52. The van der Waals surface area contributed by atoms with Crippen LogP contribution in [0, 0.1) is 13.8 Å². The van der Waals surface area contributed by atoms with Gasteiger partial charge in [-0.25, -0.2) is 0 Å². The van der Waals surface area contributed by atoms with Crippen LogP contribution in [0.25, 0.3) is 0 Å². The van der Waals surface area contributed by atoms with E-state index in [9.17, 15) is 4.79 Å². The van der Waals surface area contributed by atoms with Crippen LogP contribution in [0.4, 0.5) is 11.4 Å². The van der Waals surface area contributed by atoms with E-state index in [0.717, 1.165) is 16.1 Å². The smallest absolute Gasteiger partial charge is 0.265 e. The van der Waals surface area contributed by atoms with E-state index in [2.05, 4.69) is 5.32 Å². The summed E-state index contributed by atoms with van der Waals surface area (Å²) >= 11 is 7.39. The molecule has 1 amide bonds. The molecule has 94 valence electrons. The van der Waals surface area contributed by atoms with Crippen LogP contribution < -0.4 is 11.1 Å². The van der Waals surface area contributed by atoms with Crippen molar-refractivity contribution in [2.45, 2.75) is 13.8 Å². The highest BCUT2D eigenvalue weighted by atomic mass is 35.5. The first kappa shape index (κ1) is 12.9. The predicted octanol–water partition coefficient (Wildman–Crippen LogP) is 3.85. The maximum Gasteiger partial charge on any atom is 0.265 e. The van der Waals surface area contributed by atoms with Crippen molar-refractivity contribution in [1.82, 2.24) is 0 Å². The molecular formula is C13H13ClN2OS. The summed E-state index contributed by atoms with van der Waals surface area (Å²) < 4.78 is 0. The first-order valence-corrected chi connectivity index (χ1v) is 6.61. The molecule has 1 aromatic heterocycles. The van der Waals surface area contributed by atoms with Crippen molar-refractivity contribution in [3.63, 3.8) is 0 Å². The van der Waals surface area contributed by atoms with Gasteiger partial charge in [0.1, 0.15) is 0 Å². The number of carbonyl (C=O) groups excluding carboxylic acids is 1. The molecule has 0 fully saturated rings. The fourth-order valence-electron chi connectivity index (χ4n) is 1.53. The molecule has 0 atom stereocenters. The second kappa shape index (κ2) is 5.00. The van der Waals surface area contributed by atoms with Crippen molar-refractivity contribution in [3.05, 3.63) is 44.6 Å². The Labute approximate surface area is 115 Å². The number of halogens is 1. The number of thiophene rings is 1. The minimum Gasteiger partial charge on any atom is -0.398 e. The Bertz CT molecular complexity index is 588. The van der Waals surface area contributed by atoms with E-state index in [4.69, 9.17) is 17.3 Å². The Morgan fingerprint density at radius 3 is 2.72 bits per heavy atom. The molecule has 0 radical (unpaired) electrons. The minimum atomic E-state index is -0.162. The van der Waals surface area contributed by atoms with Gasteiger partial charge in [-0.3, -0.25) is 4.79 Å². The number of rotatable bonds is 2. The molecule has 0 aliphatic heterocycles. The van der Waals surface area contributed by atoms with Crippen LogP contribution in [0.3, 0.4) is 0 Å². The topological polar surface area (TPSA) is 55.1 Å². The molecule has 0 unspecified atom stereocenters. The highest BCUT2D eigenvalue weighted by molar-refractivity contribution is 7.14. The highest BCUT2D eigenvalue weighted by Crippen LogP contribution is 2.26. The maximum atomic E-state index is 12.0. The van der Waals surface area contributed by atoms with E-state index in [-0.39, 0.29) is 5.91 Å². The number of carbonyl (C=O) groups is 1. The number of anilines is 2. The zero-order valence-electron chi connectivity index (χ0n) is 10.1. The second-order valence-corrected chi connectivity index (χ2v) is 5.65. The van der Waals surface area contributed by atoms with Gasteiger partial charge in [0.15, 0.2) is 0 Å². The van der Waals surface area contributed by atoms with Crippen LogP contribution in [0.5, 0.6) is 0 Å². The van der Waals surface area contributed by atoms with Crippen LogP contribution in [0.2, 0.25) is 5.02 Å². The molecule has 2 aromatic rings. The SMILES string of the molecule is Cc1sc(C(=O)Nc2cccc(Cl)c2C)cc1N. The van der Waals surface area contributed by atoms with Gasteiger partial charge in [0.05, 0.1) is 4.88 Å². The van der Waals surface area contributed by atoms with E-state index in [1.165, 1.54) is 11.3 Å². The zero-order valence-corrected chi connectivity index (χ0v) is 11.7. The van der Waals surface area contributed by atoms with E-state index in [0.29, 0.717) is 15.6 Å². The number of nitrogens with two attached hydrogens (primary N) is 1. The van der Waals surface area contributed by atoms with E-state index >= 15 is 0 Å². The predicted molar refractivity (Wildman–Crippen MR) is 77.6 cm³/mol. The third kappa shape index (κ3) is 2.49. The summed E-state index contributed by atoms with van der Waals surface area (Å²) in [6.45, 7) is 3.76. The molecule has 3 N–H and O–H groups in total. The second-order valence-electron chi connectivity index (χ2n) is 3.99. The Morgan fingerprint density at radius 2 is 2.11 bits per heavy atom. The molecule has 5 heteroatoms. The van der Waals surface area contributed by atoms with Crippen LogP contribution in [-0.2, 0) is 0 Å². The van der Waals surface area contributed by atoms with Gasteiger partial charge in [-0.05, 0) is 37.6 Å². The summed E-state index contributed by atoms with van der Waals surface area (Å²) in [4.78, 5) is 13.6. The molecular weight excluding hydrogens is 268 g/mol. The monoisotopic (exact) mass is 280 g/mol. The molecule has 0 saturated carbocycles. The first-order chi connectivity index (χ1) is 8.49. The fourth-order valence-corrected chi connectivity index (χ4v) is 2.55. The largest absolute Gasteiger partial charge is 0.398 e. The summed E-state index contributed by atoms with van der Waals surface area (Å²) in [5.74, 6) is -0.162. The van der Waals surface area contributed by atoms with Crippen molar-refractivity contribution in [2.24, 2.45) is 0 Å². The lowest BCUT2D eigenvalue weighted by molar-refractivity contribution is 0.103. The average molecular weight is 281 g/mol. The quantitative estimate of drug-likeness (QED) is 0.878. The number of hydrogen-bond donors (Lipinski definition) is 2. The van der Waals surface area contributed by atoms with Crippen molar-refractivity contribution in [2.75, 3.05) is 11.1 Å². The molecule has 0 aliphatic rings. The number of nitrogens with one attached hydrogen (secondary N) is 1. The summed E-state index contributed by atoms with van der Waals surface area (Å²) in [5.41, 5.74) is 7.96. The van der Waals surface area contributed by atoms with E-state index in [1.807, 2.05) is 19.9 Å². The van der Waals surface area contributed by atoms with Gasteiger partial charge in [0.25, 0.3) is 5.91 Å². The Kier molecular flexibility index (Phi) is 3.59. The fraction of sp³-hybridized carbons (Fsp3) is 0.154. The molecule has 1 heterocycles. The molecule has 0 spiro atoms. The first-order valence-electron chi connectivity index (χ1n) is 5.41. The number of aryl methyl sites for hydroxylation is 1. The van der Waals surface area contributed by atoms with Crippen LogP contribution in [0.1, 0.15) is 20.1 Å². The van der Waals surface area contributed by atoms with Crippen LogP contribution >= 0.6 is 22.9 Å². The standard InChI is InChI=1S/C13H13ClN2OS/c1-7-9(14)4-3-5-11(7)16-13(17)12-6-10(15)8(2)18-12/h3-6H,15H2,1-2H3,(H,16,17). The normalized spacial score (nSPS) is 10.4. The molecule has 2 rings (SSSR count). The van der Waals surface area contributed by atoms with Gasteiger partial charge in [0.2, 0.25) is 0 Å². The number of hydrogen-bond acceptors (Lipinski definition) is 3.